The summed E-state index contributed by atoms with van der Waals surface area (Å²) in [6.45, 7) is 0. The van der Waals surface area contributed by atoms with Crippen molar-refractivity contribution in [3.8, 4) is 11.3 Å². The van der Waals surface area contributed by atoms with Gasteiger partial charge in [-0.3, -0.25) is 0 Å². The van der Waals surface area contributed by atoms with E-state index in [0.717, 1.165) is 6.08 Å². The summed E-state index contributed by atoms with van der Waals surface area (Å²) >= 11 is 11.9. The minimum atomic E-state index is -1.03. The molecule has 1 aromatic heterocycles. The van der Waals surface area contributed by atoms with E-state index in [1.807, 2.05) is 0 Å². The number of carboxylic acid groups (broad SMARTS) is 1. The topological polar surface area (TPSA) is 50.4 Å². The molecule has 0 saturated heterocycles. The van der Waals surface area contributed by atoms with Crippen molar-refractivity contribution in [1.82, 2.24) is 0 Å². The number of carboxylic acids is 1. The second-order valence-corrected chi connectivity index (χ2v) is 4.34. The fourth-order valence-electron chi connectivity index (χ4n) is 1.43. The van der Waals surface area contributed by atoms with Gasteiger partial charge in [0.05, 0.1) is 5.02 Å². The molecule has 5 heteroatoms. The molecule has 0 fully saturated rings. The highest BCUT2D eigenvalue weighted by Gasteiger charge is 2.08. The lowest BCUT2D eigenvalue weighted by molar-refractivity contribution is -0.131. The van der Waals surface area contributed by atoms with Crippen LogP contribution in [0.1, 0.15) is 5.76 Å². The van der Waals surface area contributed by atoms with E-state index < -0.39 is 5.97 Å². The molecule has 0 amide bonds. The van der Waals surface area contributed by atoms with E-state index >= 15 is 0 Å². The van der Waals surface area contributed by atoms with E-state index in [1.165, 1.54) is 6.08 Å². The molecule has 0 aliphatic carbocycles. The van der Waals surface area contributed by atoms with E-state index in [0.29, 0.717) is 27.1 Å². The maximum absolute atomic E-state index is 10.4. The molecule has 0 radical (unpaired) electrons. The predicted molar refractivity (Wildman–Crippen MR) is 70.8 cm³/mol. The van der Waals surface area contributed by atoms with Crippen molar-refractivity contribution in [1.29, 1.82) is 0 Å². The van der Waals surface area contributed by atoms with Crippen LogP contribution in [-0.4, -0.2) is 11.1 Å². The van der Waals surface area contributed by atoms with Crippen molar-refractivity contribution in [2.75, 3.05) is 0 Å². The Balaban J connectivity index is 2.35. The smallest absolute Gasteiger partial charge is 0.328 e. The molecule has 0 aliphatic rings. The molecule has 0 bridgehead atoms. The largest absolute Gasteiger partial charge is 0.478 e. The second kappa shape index (κ2) is 5.29. The van der Waals surface area contributed by atoms with Gasteiger partial charge in [0.1, 0.15) is 11.5 Å². The molecular weight excluding hydrogens is 275 g/mol. The third kappa shape index (κ3) is 2.94. The Labute approximate surface area is 113 Å². The Bertz CT molecular complexity index is 614. The first kappa shape index (κ1) is 12.7. The lowest BCUT2D eigenvalue weighted by Crippen LogP contribution is -1.84. The SMILES string of the molecule is O=C(O)/C=C\c1ccc(-c2cc(Cl)ccc2Cl)o1. The van der Waals surface area contributed by atoms with Gasteiger partial charge < -0.3 is 9.52 Å². The van der Waals surface area contributed by atoms with Gasteiger partial charge in [0.15, 0.2) is 0 Å². The minimum Gasteiger partial charge on any atom is -0.478 e. The van der Waals surface area contributed by atoms with Gasteiger partial charge in [-0.25, -0.2) is 4.79 Å². The average Bonchev–Trinajstić information content (AvgIpc) is 2.78. The Morgan fingerprint density at radius 2 is 2.00 bits per heavy atom. The number of rotatable bonds is 3. The van der Waals surface area contributed by atoms with E-state index in [1.54, 1.807) is 30.3 Å². The van der Waals surface area contributed by atoms with E-state index in [2.05, 4.69) is 0 Å². The molecule has 18 heavy (non-hydrogen) atoms. The van der Waals surface area contributed by atoms with Gasteiger partial charge in [-0.15, -0.1) is 0 Å². The highest BCUT2D eigenvalue weighted by molar-refractivity contribution is 6.35. The zero-order chi connectivity index (χ0) is 13.1. The fraction of sp³-hybridized carbons (Fsp3) is 0. The molecule has 0 spiro atoms. The van der Waals surface area contributed by atoms with Gasteiger partial charge in [-0.1, -0.05) is 23.2 Å². The van der Waals surface area contributed by atoms with E-state index in [9.17, 15) is 4.79 Å². The summed E-state index contributed by atoms with van der Waals surface area (Å²) in [5, 5.41) is 9.58. The van der Waals surface area contributed by atoms with Gasteiger partial charge in [0, 0.05) is 16.7 Å². The van der Waals surface area contributed by atoms with Gasteiger partial charge in [-0.2, -0.15) is 0 Å². The molecule has 1 heterocycles. The van der Waals surface area contributed by atoms with Crippen LogP contribution in [0.3, 0.4) is 0 Å². The van der Waals surface area contributed by atoms with Crippen LogP contribution in [0.2, 0.25) is 10.0 Å². The number of hydrogen-bond acceptors (Lipinski definition) is 2. The summed E-state index contributed by atoms with van der Waals surface area (Å²) in [5.74, 6) is -0.0651. The standard InChI is InChI=1S/C13H8Cl2O3/c14-8-1-4-11(15)10(7-8)12-5-2-9(18-12)3-6-13(16)17/h1-7H,(H,16,17)/b6-3-. The maximum Gasteiger partial charge on any atom is 0.328 e. The number of halogens is 2. The highest BCUT2D eigenvalue weighted by atomic mass is 35.5. The van der Waals surface area contributed by atoms with Crippen LogP contribution < -0.4 is 0 Å². The van der Waals surface area contributed by atoms with Crippen molar-refractivity contribution in [2.24, 2.45) is 0 Å². The quantitative estimate of drug-likeness (QED) is 0.852. The molecule has 3 nitrogen and oxygen atoms in total. The first-order chi connectivity index (χ1) is 8.56. The van der Waals surface area contributed by atoms with Gasteiger partial charge in [-0.05, 0) is 36.4 Å². The summed E-state index contributed by atoms with van der Waals surface area (Å²) in [4.78, 5) is 10.4. The molecule has 1 N–H and O–H groups in total. The van der Waals surface area contributed by atoms with E-state index in [-0.39, 0.29) is 0 Å². The third-order valence-electron chi connectivity index (χ3n) is 2.21. The first-order valence-corrected chi connectivity index (χ1v) is 5.78. The van der Waals surface area contributed by atoms with E-state index in [4.69, 9.17) is 32.7 Å². The maximum atomic E-state index is 10.4. The van der Waals surface area contributed by atoms with Crippen molar-refractivity contribution in [3.05, 3.63) is 52.2 Å². The van der Waals surface area contributed by atoms with Crippen LogP contribution in [0, 0.1) is 0 Å². The number of carbonyl (C=O) groups is 1. The van der Waals surface area contributed by atoms with Crippen LogP contribution in [0.15, 0.2) is 40.8 Å². The summed E-state index contributed by atoms with van der Waals surface area (Å²) in [6, 6.07) is 8.41. The van der Waals surface area contributed by atoms with Crippen molar-refractivity contribution in [3.63, 3.8) is 0 Å². The monoisotopic (exact) mass is 282 g/mol. The average molecular weight is 283 g/mol. The highest BCUT2D eigenvalue weighted by Crippen LogP contribution is 2.31. The van der Waals surface area contributed by atoms with Crippen LogP contribution in [0.25, 0.3) is 17.4 Å². The normalized spacial score (nSPS) is 11.0. The molecule has 2 aromatic rings. The van der Waals surface area contributed by atoms with Crippen molar-refractivity contribution >= 4 is 35.2 Å². The summed E-state index contributed by atoms with van der Waals surface area (Å²) in [6.07, 6.45) is 2.37. The van der Waals surface area contributed by atoms with Gasteiger partial charge >= 0.3 is 5.97 Å². The molecule has 2 rings (SSSR count). The van der Waals surface area contributed by atoms with Crippen LogP contribution in [-0.2, 0) is 4.79 Å². The predicted octanol–water partition coefficient (Wildman–Crippen LogP) is 4.35. The molecule has 0 unspecified atom stereocenters. The number of aliphatic carboxylic acids is 1. The van der Waals surface area contributed by atoms with Crippen molar-refractivity contribution < 1.29 is 14.3 Å². The Hall–Kier alpha value is -1.71. The summed E-state index contributed by atoms with van der Waals surface area (Å²) in [5.41, 5.74) is 0.666. The lowest BCUT2D eigenvalue weighted by Gasteiger charge is -2.00. The Morgan fingerprint density at radius 1 is 1.22 bits per heavy atom. The van der Waals surface area contributed by atoms with Crippen LogP contribution >= 0.6 is 23.2 Å². The molecular formula is C13H8Cl2O3. The number of benzene rings is 1. The first-order valence-electron chi connectivity index (χ1n) is 5.02. The number of furan rings is 1. The molecule has 92 valence electrons. The third-order valence-corrected chi connectivity index (χ3v) is 2.78. The number of hydrogen-bond donors (Lipinski definition) is 1. The fourth-order valence-corrected chi connectivity index (χ4v) is 1.81. The summed E-state index contributed by atoms with van der Waals surface area (Å²) in [7, 11) is 0. The lowest BCUT2D eigenvalue weighted by atomic mass is 10.2. The van der Waals surface area contributed by atoms with Gasteiger partial charge in [0.25, 0.3) is 0 Å². The molecule has 0 saturated carbocycles. The Kier molecular flexibility index (Phi) is 3.75. The van der Waals surface area contributed by atoms with Gasteiger partial charge in [0.2, 0.25) is 0 Å². The second-order valence-electron chi connectivity index (χ2n) is 3.50. The zero-order valence-electron chi connectivity index (χ0n) is 9.06. The molecule has 0 aliphatic heterocycles. The zero-order valence-corrected chi connectivity index (χ0v) is 10.6. The van der Waals surface area contributed by atoms with Crippen LogP contribution in [0.5, 0.6) is 0 Å². The summed E-state index contributed by atoms with van der Waals surface area (Å²) < 4.78 is 5.46. The van der Waals surface area contributed by atoms with Crippen molar-refractivity contribution in [2.45, 2.75) is 0 Å². The Morgan fingerprint density at radius 3 is 2.72 bits per heavy atom. The molecule has 1 aromatic carbocycles. The van der Waals surface area contributed by atoms with Crippen LogP contribution in [0.4, 0.5) is 0 Å². The molecule has 0 atom stereocenters. The minimum absolute atomic E-state index is 0.434.